The summed E-state index contributed by atoms with van der Waals surface area (Å²) in [4.78, 5) is 22.5. The first-order chi connectivity index (χ1) is 7.47. The summed E-state index contributed by atoms with van der Waals surface area (Å²) in [6, 6.07) is -0.560. The van der Waals surface area contributed by atoms with E-state index < -0.39 is 11.9 Å². The number of halogens is 1. The van der Waals surface area contributed by atoms with Gasteiger partial charge in [0, 0.05) is 6.54 Å². The Morgan fingerprint density at radius 2 is 2.38 bits per heavy atom. The smallest absolute Gasteiger partial charge is 0.283 e. The van der Waals surface area contributed by atoms with Gasteiger partial charge in [0.1, 0.15) is 10.5 Å². The van der Waals surface area contributed by atoms with Crippen molar-refractivity contribution >= 4 is 27.5 Å². The molecule has 16 heavy (non-hydrogen) atoms. The molecule has 3 N–H and O–H groups in total. The predicted octanol–water partition coefficient (Wildman–Crippen LogP) is 0.311. The normalized spacial score (nSPS) is 12.2. The summed E-state index contributed by atoms with van der Waals surface area (Å²) in [5.74, 6) is -0.494. The highest BCUT2D eigenvalue weighted by Crippen LogP contribution is 2.16. The Kier molecular flexibility index (Phi) is 4.05. The van der Waals surface area contributed by atoms with E-state index in [9.17, 15) is 9.59 Å². The quantitative estimate of drug-likeness (QED) is 0.834. The first-order valence-corrected chi connectivity index (χ1v) is 5.58. The molecule has 0 aliphatic heterocycles. The van der Waals surface area contributed by atoms with Gasteiger partial charge in [-0.1, -0.05) is 0 Å². The molecule has 0 spiro atoms. The van der Waals surface area contributed by atoms with Gasteiger partial charge in [-0.25, -0.2) is 4.68 Å². The lowest BCUT2D eigenvalue weighted by molar-refractivity contribution is -0.118. The molecule has 0 fully saturated rings. The molecule has 0 bridgehead atoms. The molecule has 0 aliphatic carbocycles. The zero-order valence-corrected chi connectivity index (χ0v) is 10.6. The Labute approximate surface area is 101 Å². The van der Waals surface area contributed by atoms with E-state index in [1.165, 1.54) is 10.9 Å². The van der Waals surface area contributed by atoms with E-state index in [-0.39, 0.29) is 5.56 Å². The molecule has 0 aliphatic rings. The lowest BCUT2D eigenvalue weighted by Crippen LogP contribution is -2.33. The summed E-state index contributed by atoms with van der Waals surface area (Å²) < 4.78 is 1.65. The Hall–Kier alpha value is -1.37. The molecule has 1 aromatic heterocycles. The number of hydrogen-bond donors (Lipinski definition) is 2. The van der Waals surface area contributed by atoms with Gasteiger partial charge < -0.3 is 11.1 Å². The maximum absolute atomic E-state index is 11.7. The second-order valence-electron chi connectivity index (χ2n) is 3.26. The number of hydrogen-bond acceptors (Lipinski definition) is 4. The van der Waals surface area contributed by atoms with Crippen LogP contribution in [0.15, 0.2) is 15.5 Å². The van der Waals surface area contributed by atoms with Crippen LogP contribution in [0.2, 0.25) is 0 Å². The van der Waals surface area contributed by atoms with Crippen molar-refractivity contribution in [1.82, 2.24) is 9.78 Å². The third-order valence-corrected chi connectivity index (χ3v) is 2.85. The molecule has 1 aromatic rings. The highest BCUT2D eigenvalue weighted by atomic mass is 79.9. The zero-order valence-electron chi connectivity index (χ0n) is 9.03. The van der Waals surface area contributed by atoms with Gasteiger partial charge in [-0.05, 0) is 29.8 Å². The number of carbonyl (C=O) groups is 1. The second-order valence-corrected chi connectivity index (χ2v) is 4.05. The van der Waals surface area contributed by atoms with Crippen LogP contribution in [-0.2, 0) is 11.3 Å². The van der Waals surface area contributed by atoms with Gasteiger partial charge >= 0.3 is 0 Å². The molecule has 7 heteroatoms. The van der Waals surface area contributed by atoms with Crippen molar-refractivity contribution in [3.8, 4) is 0 Å². The highest BCUT2D eigenvalue weighted by Gasteiger charge is 2.13. The summed E-state index contributed by atoms with van der Waals surface area (Å²) >= 11 is 3.16. The topological polar surface area (TPSA) is 90.0 Å². The first kappa shape index (κ1) is 12.7. The van der Waals surface area contributed by atoms with Crippen molar-refractivity contribution in [1.29, 1.82) is 0 Å². The standard InChI is InChI=1S/C9H13BrN4O2/c1-3-14-9(16)7(10)6(4-12-14)13-5(2)8(11)15/h4-5,13H,3H2,1-2H3,(H2,11,15). The van der Waals surface area contributed by atoms with Crippen molar-refractivity contribution in [3.05, 3.63) is 21.0 Å². The van der Waals surface area contributed by atoms with Crippen LogP contribution in [0, 0.1) is 0 Å². The van der Waals surface area contributed by atoms with Crippen LogP contribution >= 0.6 is 15.9 Å². The number of carbonyl (C=O) groups excluding carboxylic acids is 1. The van der Waals surface area contributed by atoms with E-state index in [0.717, 1.165) is 0 Å². The summed E-state index contributed by atoms with van der Waals surface area (Å²) in [6.45, 7) is 3.92. The fourth-order valence-electron chi connectivity index (χ4n) is 1.10. The van der Waals surface area contributed by atoms with Gasteiger partial charge in [0.05, 0.1) is 11.9 Å². The van der Waals surface area contributed by atoms with Crippen LogP contribution in [0.25, 0.3) is 0 Å². The van der Waals surface area contributed by atoms with Gasteiger partial charge in [0.15, 0.2) is 0 Å². The van der Waals surface area contributed by atoms with Gasteiger partial charge in [0.25, 0.3) is 5.56 Å². The molecule has 1 heterocycles. The van der Waals surface area contributed by atoms with E-state index in [0.29, 0.717) is 16.7 Å². The van der Waals surface area contributed by atoms with E-state index >= 15 is 0 Å². The van der Waals surface area contributed by atoms with Crippen molar-refractivity contribution < 1.29 is 4.79 Å². The molecule has 1 unspecified atom stereocenters. The first-order valence-electron chi connectivity index (χ1n) is 4.78. The van der Waals surface area contributed by atoms with Crippen LogP contribution in [0.4, 0.5) is 5.69 Å². The van der Waals surface area contributed by atoms with E-state index in [2.05, 4.69) is 26.3 Å². The minimum Gasteiger partial charge on any atom is -0.372 e. The number of nitrogens with two attached hydrogens (primary N) is 1. The van der Waals surface area contributed by atoms with Crippen molar-refractivity contribution in [2.45, 2.75) is 26.4 Å². The van der Waals surface area contributed by atoms with Gasteiger partial charge in [-0.2, -0.15) is 5.10 Å². The molecule has 88 valence electrons. The fourth-order valence-corrected chi connectivity index (χ4v) is 1.52. The molecule has 1 rings (SSSR count). The van der Waals surface area contributed by atoms with E-state index in [4.69, 9.17) is 5.73 Å². The van der Waals surface area contributed by atoms with Crippen molar-refractivity contribution in [3.63, 3.8) is 0 Å². The third-order valence-electron chi connectivity index (χ3n) is 2.08. The van der Waals surface area contributed by atoms with Crippen molar-refractivity contribution in [2.75, 3.05) is 5.32 Å². The molecule has 6 nitrogen and oxygen atoms in total. The maximum Gasteiger partial charge on any atom is 0.283 e. The summed E-state index contributed by atoms with van der Waals surface area (Å²) in [6.07, 6.45) is 1.48. The molecule has 0 radical (unpaired) electrons. The van der Waals surface area contributed by atoms with Gasteiger partial charge in [-0.3, -0.25) is 9.59 Å². The number of anilines is 1. The van der Waals surface area contributed by atoms with Crippen LogP contribution in [0.3, 0.4) is 0 Å². The molecule has 1 atom stereocenters. The SMILES string of the molecule is CCn1ncc(NC(C)C(N)=O)c(Br)c1=O. The minimum atomic E-state index is -0.560. The molecule has 1 amide bonds. The number of primary amides is 1. The number of amides is 1. The summed E-state index contributed by atoms with van der Waals surface area (Å²) in [5.41, 5.74) is 5.32. The van der Waals surface area contributed by atoms with Crippen molar-refractivity contribution in [2.24, 2.45) is 5.73 Å². The molecular weight excluding hydrogens is 276 g/mol. The summed E-state index contributed by atoms with van der Waals surface area (Å²) in [5, 5.41) is 6.73. The predicted molar refractivity (Wildman–Crippen MR) is 64.2 cm³/mol. The average Bonchev–Trinajstić information content (AvgIpc) is 2.25. The lowest BCUT2D eigenvalue weighted by Gasteiger charge is -2.13. The van der Waals surface area contributed by atoms with Crippen LogP contribution in [0.5, 0.6) is 0 Å². The van der Waals surface area contributed by atoms with E-state index in [1.807, 2.05) is 6.92 Å². The Bertz CT molecular complexity index is 457. The minimum absolute atomic E-state index is 0.246. The van der Waals surface area contributed by atoms with Crippen LogP contribution in [-0.4, -0.2) is 21.7 Å². The largest absolute Gasteiger partial charge is 0.372 e. The third kappa shape index (κ3) is 2.60. The number of nitrogens with zero attached hydrogens (tertiary/aromatic N) is 2. The maximum atomic E-state index is 11.7. The van der Waals surface area contributed by atoms with Crippen LogP contribution < -0.4 is 16.6 Å². The number of aryl methyl sites for hydroxylation is 1. The summed E-state index contributed by atoms with van der Waals surface area (Å²) in [7, 11) is 0. The van der Waals surface area contributed by atoms with Gasteiger partial charge in [-0.15, -0.1) is 0 Å². The molecular formula is C9H13BrN4O2. The Morgan fingerprint density at radius 3 is 2.88 bits per heavy atom. The monoisotopic (exact) mass is 288 g/mol. The number of rotatable bonds is 4. The van der Waals surface area contributed by atoms with E-state index in [1.54, 1.807) is 6.92 Å². The average molecular weight is 289 g/mol. The van der Waals surface area contributed by atoms with Gasteiger partial charge in [0.2, 0.25) is 5.91 Å². The molecule has 0 aromatic carbocycles. The zero-order chi connectivity index (χ0) is 12.3. The lowest BCUT2D eigenvalue weighted by atomic mass is 10.3. The number of aromatic nitrogens is 2. The number of nitrogens with one attached hydrogen (secondary N) is 1. The van der Waals surface area contributed by atoms with Crippen LogP contribution in [0.1, 0.15) is 13.8 Å². The molecule has 0 saturated heterocycles. The Morgan fingerprint density at radius 1 is 1.75 bits per heavy atom. The Balaban J connectivity index is 3.04. The fraction of sp³-hybridized carbons (Fsp3) is 0.444. The second kappa shape index (κ2) is 5.11. The molecule has 0 saturated carbocycles. The highest BCUT2D eigenvalue weighted by molar-refractivity contribution is 9.10.